The number of fused-ring (bicyclic) bond motifs is 1. The Balaban J connectivity index is 0.00000210. The van der Waals surface area contributed by atoms with Gasteiger partial charge in [0.05, 0.1) is 18.0 Å². The van der Waals surface area contributed by atoms with Crippen LogP contribution in [0.2, 0.25) is 0 Å². The number of carbonyl (C=O) groups is 1. The maximum absolute atomic E-state index is 13.0. The van der Waals surface area contributed by atoms with Gasteiger partial charge in [-0.2, -0.15) is 4.98 Å². The minimum Gasteiger partial charge on any atom is -0.338 e. The first-order chi connectivity index (χ1) is 12.7. The molecular formula is C18H22ClN5O2S. The van der Waals surface area contributed by atoms with Crippen LogP contribution in [0, 0.1) is 6.92 Å². The summed E-state index contributed by atoms with van der Waals surface area (Å²) in [7, 11) is 0. The summed E-state index contributed by atoms with van der Waals surface area (Å²) in [5, 5.41) is 5.11. The Labute approximate surface area is 167 Å². The van der Waals surface area contributed by atoms with Crippen molar-refractivity contribution in [2.75, 3.05) is 26.2 Å². The van der Waals surface area contributed by atoms with Crippen LogP contribution in [0.3, 0.4) is 0 Å². The lowest BCUT2D eigenvalue weighted by Crippen LogP contribution is -2.48. The molecule has 1 aromatic carbocycles. The maximum Gasteiger partial charge on any atom is 0.264 e. The molecule has 4 rings (SSSR count). The van der Waals surface area contributed by atoms with E-state index in [1.54, 1.807) is 11.3 Å². The van der Waals surface area contributed by atoms with Crippen molar-refractivity contribution < 1.29 is 9.32 Å². The lowest BCUT2D eigenvalue weighted by Gasteiger charge is -2.34. The van der Waals surface area contributed by atoms with E-state index in [9.17, 15) is 4.79 Å². The molecule has 0 aliphatic carbocycles. The second-order valence-electron chi connectivity index (χ2n) is 6.43. The number of amides is 1. The molecule has 2 N–H and O–H groups in total. The molecule has 3 heterocycles. The normalized spacial score (nSPS) is 15.1. The van der Waals surface area contributed by atoms with Gasteiger partial charge in [0.1, 0.15) is 0 Å². The number of nitrogens with zero attached hydrogens (tertiary/aromatic N) is 4. The predicted octanol–water partition coefficient (Wildman–Crippen LogP) is 2.43. The molecule has 0 unspecified atom stereocenters. The van der Waals surface area contributed by atoms with Crippen LogP contribution in [0.1, 0.15) is 27.0 Å². The van der Waals surface area contributed by atoms with Gasteiger partial charge in [-0.1, -0.05) is 23.4 Å². The van der Waals surface area contributed by atoms with Crippen molar-refractivity contribution in [1.82, 2.24) is 19.9 Å². The lowest BCUT2D eigenvalue weighted by molar-refractivity contribution is 0.0628. The summed E-state index contributed by atoms with van der Waals surface area (Å²) in [5.74, 6) is 1.23. The Morgan fingerprint density at radius 2 is 2.00 bits per heavy atom. The molecule has 0 radical (unpaired) electrons. The van der Waals surface area contributed by atoms with Gasteiger partial charge in [-0.3, -0.25) is 9.69 Å². The third-order valence-electron chi connectivity index (χ3n) is 4.75. The first-order valence-corrected chi connectivity index (χ1v) is 9.48. The Bertz CT molecular complexity index is 933. The fourth-order valence-electron chi connectivity index (χ4n) is 3.27. The van der Waals surface area contributed by atoms with E-state index < -0.39 is 0 Å². The molecular weight excluding hydrogens is 386 g/mol. The lowest BCUT2D eigenvalue weighted by atomic mass is 10.1. The van der Waals surface area contributed by atoms with Gasteiger partial charge in [0, 0.05) is 30.9 Å². The first kappa shape index (κ1) is 19.8. The van der Waals surface area contributed by atoms with Gasteiger partial charge >= 0.3 is 0 Å². The molecule has 1 aliphatic heterocycles. The molecule has 9 heteroatoms. The van der Waals surface area contributed by atoms with Crippen molar-refractivity contribution in [3.63, 3.8) is 0 Å². The number of rotatable bonds is 4. The Kier molecular flexibility index (Phi) is 6.11. The summed E-state index contributed by atoms with van der Waals surface area (Å²) < 4.78 is 6.21. The molecule has 0 saturated carbocycles. The van der Waals surface area contributed by atoms with E-state index >= 15 is 0 Å². The van der Waals surface area contributed by atoms with Crippen LogP contribution in [-0.2, 0) is 13.1 Å². The van der Waals surface area contributed by atoms with Crippen molar-refractivity contribution in [3.8, 4) is 0 Å². The van der Waals surface area contributed by atoms with Gasteiger partial charge in [0.2, 0.25) is 5.89 Å². The third kappa shape index (κ3) is 3.98. The average Bonchev–Trinajstić information content (AvgIpc) is 3.26. The molecule has 0 atom stereocenters. The molecule has 7 nitrogen and oxygen atoms in total. The minimum absolute atomic E-state index is 0. The first-order valence-electron chi connectivity index (χ1n) is 8.67. The van der Waals surface area contributed by atoms with E-state index in [0.717, 1.165) is 23.5 Å². The second kappa shape index (κ2) is 8.35. The van der Waals surface area contributed by atoms with Crippen LogP contribution in [0.5, 0.6) is 0 Å². The van der Waals surface area contributed by atoms with E-state index in [4.69, 9.17) is 10.3 Å². The molecule has 27 heavy (non-hydrogen) atoms. The number of piperazine rings is 1. The fraction of sp³-hybridized carbons (Fsp3) is 0.389. The quantitative estimate of drug-likeness (QED) is 0.714. The van der Waals surface area contributed by atoms with E-state index in [2.05, 4.69) is 27.2 Å². The molecule has 0 spiro atoms. The molecule has 1 fully saturated rings. The highest BCUT2D eigenvalue weighted by atomic mass is 35.5. The number of thiophene rings is 1. The number of aromatic nitrogens is 2. The topological polar surface area (TPSA) is 88.5 Å². The van der Waals surface area contributed by atoms with Crippen LogP contribution >= 0.6 is 23.7 Å². The molecule has 3 aromatic rings. The smallest absolute Gasteiger partial charge is 0.264 e. The molecule has 1 aliphatic rings. The van der Waals surface area contributed by atoms with Crippen LogP contribution in [-0.4, -0.2) is 52.0 Å². The Morgan fingerprint density at radius 3 is 2.67 bits per heavy atom. The zero-order valence-electron chi connectivity index (χ0n) is 15.1. The summed E-state index contributed by atoms with van der Waals surface area (Å²) in [6.45, 7) is 5.90. The summed E-state index contributed by atoms with van der Waals surface area (Å²) in [5.41, 5.74) is 6.57. The van der Waals surface area contributed by atoms with Crippen molar-refractivity contribution in [3.05, 3.63) is 46.4 Å². The second-order valence-corrected chi connectivity index (χ2v) is 7.48. The van der Waals surface area contributed by atoms with Crippen molar-refractivity contribution in [1.29, 1.82) is 0 Å². The van der Waals surface area contributed by atoms with Gasteiger partial charge in [0.15, 0.2) is 5.82 Å². The van der Waals surface area contributed by atoms with E-state index in [0.29, 0.717) is 31.3 Å². The monoisotopic (exact) mass is 407 g/mol. The van der Waals surface area contributed by atoms with Gasteiger partial charge in [-0.25, -0.2) is 0 Å². The summed E-state index contributed by atoms with van der Waals surface area (Å²) in [4.78, 5) is 22.2. The van der Waals surface area contributed by atoms with Gasteiger partial charge < -0.3 is 15.2 Å². The third-order valence-corrected chi connectivity index (χ3v) is 6.01. The minimum atomic E-state index is 0. The molecule has 144 valence electrons. The molecule has 1 amide bonds. The van der Waals surface area contributed by atoms with E-state index in [1.807, 2.05) is 24.0 Å². The standard InChI is InChI=1S/C18H21N5O2S.ClH/c1-12-13-4-2-3-5-14(13)26-17(12)18(24)23-8-6-22(7-9-23)11-15-20-16(10-19)25-21-15;/h2-5H,6-11,19H2,1H3;1H. The van der Waals surface area contributed by atoms with Crippen molar-refractivity contribution >= 4 is 39.7 Å². The van der Waals surface area contributed by atoms with Crippen molar-refractivity contribution in [2.24, 2.45) is 5.73 Å². The highest BCUT2D eigenvalue weighted by Gasteiger charge is 2.25. The van der Waals surface area contributed by atoms with Crippen molar-refractivity contribution in [2.45, 2.75) is 20.0 Å². The van der Waals surface area contributed by atoms with Gasteiger partial charge in [-0.05, 0) is 23.9 Å². The predicted molar refractivity (Wildman–Crippen MR) is 107 cm³/mol. The fourth-order valence-corrected chi connectivity index (χ4v) is 4.45. The number of carbonyl (C=O) groups excluding carboxylic acids is 1. The average molecular weight is 408 g/mol. The number of hydrogen-bond acceptors (Lipinski definition) is 7. The number of halogens is 1. The highest BCUT2D eigenvalue weighted by Crippen LogP contribution is 2.31. The van der Waals surface area contributed by atoms with Crippen LogP contribution in [0.4, 0.5) is 0 Å². The number of aryl methyl sites for hydroxylation is 1. The summed E-state index contributed by atoms with van der Waals surface area (Å²) in [6.07, 6.45) is 0. The number of nitrogens with two attached hydrogens (primary N) is 1. The molecule has 0 bridgehead atoms. The maximum atomic E-state index is 13.0. The number of hydrogen-bond donors (Lipinski definition) is 1. The van der Waals surface area contributed by atoms with Crippen LogP contribution in [0.25, 0.3) is 10.1 Å². The zero-order chi connectivity index (χ0) is 18.1. The Morgan fingerprint density at radius 1 is 1.26 bits per heavy atom. The number of benzene rings is 1. The Hall–Kier alpha value is -2.00. The summed E-state index contributed by atoms with van der Waals surface area (Å²) >= 11 is 1.59. The molecule has 2 aromatic heterocycles. The largest absolute Gasteiger partial charge is 0.338 e. The molecule has 1 saturated heterocycles. The van der Waals surface area contributed by atoms with Gasteiger partial charge in [0.25, 0.3) is 5.91 Å². The summed E-state index contributed by atoms with van der Waals surface area (Å²) in [6, 6.07) is 8.18. The highest BCUT2D eigenvalue weighted by molar-refractivity contribution is 7.21. The zero-order valence-corrected chi connectivity index (χ0v) is 16.7. The SMILES string of the molecule is Cc1c(C(=O)N2CCN(Cc3noc(CN)n3)CC2)sc2ccccc12.Cl. The van der Waals surface area contributed by atoms with Crippen LogP contribution < -0.4 is 5.73 Å². The van der Waals surface area contributed by atoms with Gasteiger partial charge in [-0.15, -0.1) is 23.7 Å². The van der Waals surface area contributed by atoms with E-state index in [1.165, 1.54) is 10.1 Å². The van der Waals surface area contributed by atoms with E-state index in [-0.39, 0.29) is 24.9 Å². The van der Waals surface area contributed by atoms with Crippen LogP contribution in [0.15, 0.2) is 28.8 Å².